The van der Waals surface area contributed by atoms with E-state index in [9.17, 15) is 24.2 Å². The molecule has 2 heterocycles. The molecule has 35 heavy (non-hydrogen) atoms. The molecule has 0 radical (unpaired) electrons. The van der Waals surface area contributed by atoms with E-state index < -0.39 is 26.6 Å². The maximum absolute atomic E-state index is 13.1. The van der Waals surface area contributed by atoms with Gasteiger partial charge in [0.25, 0.3) is 5.91 Å². The van der Waals surface area contributed by atoms with Crippen molar-refractivity contribution >= 4 is 43.8 Å². The summed E-state index contributed by atoms with van der Waals surface area (Å²) in [5, 5.41) is 4.31. The molecule has 5 rings (SSSR count). The number of amides is 1. The average Bonchev–Trinajstić information content (AvgIpc) is 3.17. The van der Waals surface area contributed by atoms with Crippen LogP contribution in [0.2, 0.25) is 0 Å². The molecule has 0 aliphatic heterocycles. The summed E-state index contributed by atoms with van der Waals surface area (Å²) in [5.74, 6) is -0.937. The highest BCUT2D eigenvalue weighted by Gasteiger charge is 2.65. The lowest BCUT2D eigenvalue weighted by atomic mass is 9.98. The van der Waals surface area contributed by atoms with E-state index in [2.05, 4.69) is 20.3 Å². The number of aryl methyl sites for hydroxylation is 1. The van der Waals surface area contributed by atoms with E-state index in [0.29, 0.717) is 11.3 Å². The van der Waals surface area contributed by atoms with Gasteiger partial charge in [-0.1, -0.05) is 43.7 Å². The van der Waals surface area contributed by atoms with Gasteiger partial charge in [0.2, 0.25) is 0 Å². The third kappa shape index (κ3) is 4.42. The van der Waals surface area contributed by atoms with Gasteiger partial charge < -0.3 is 10.3 Å². The number of anilines is 1. The zero-order valence-electron chi connectivity index (χ0n) is 18.0. The molecular formula is C24H17F5N4OS. The van der Waals surface area contributed by atoms with Crippen LogP contribution in [0.5, 0.6) is 0 Å². The van der Waals surface area contributed by atoms with Crippen molar-refractivity contribution in [3.8, 4) is 11.1 Å². The van der Waals surface area contributed by atoms with Crippen LogP contribution in [0.4, 0.5) is 25.1 Å². The van der Waals surface area contributed by atoms with Crippen molar-refractivity contribution in [3.05, 3.63) is 84.3 Å². The first-order valence-corrected chi connectivity index (χ1v) is 12.2. The minimum atomic E-state index is -9.91. The minimum absolute atomic E-state index is 0.165. The molecule has 11 heteroatoms. The molecule has 5 nitrogen and oxygen atoms in total. The Kier molecular flexibility index (Phi) is 4.57. The van der Waals surface area contributed by atoms with Crippen LogP contribution in [0.1, 0.15) is 15.9 Å². The molecule has 0 saturated carbocycles. The Bertz CT molecular complexity index is 1650. The number of halogens is 5. The first-order chi connectivity index (χ1) is 16.3. The Morgan fingerprint density at radius 2 is 1.74 bits per heavy atom. The van der Waals surface area contributed by atoms with Gasteiger partial charge in [-0.3, -0.25) is 4.79 Å². The predicted octanol–water partition coefficient (Wildman–Crippen LogP) is 8.00. The van der Waals surface area contributed by atoms with Gasteiger partial charge in [0.1, 0.15) is 16.9 Å². The second kappa shape index (κ2) is 7.01. The maximum Gasteiger partial charge on any atom is 0.310 e. The van der Waals surface area contributed by atoms with Gasteiger partial charge >= 0.3 is 10.2 Å². The van der Waals surface area contributed by atoms with Crippen molar-refractivity contribution < 1.29 is 24.2 Å². The van der Waals surface area contributed by atoms with Crippen LogP contribution < -0.4 is 5.32 Å². The molecule has 0 fully saturated rings. The second-order valence-corrected chi connectivity index (χ2v) is 10.6. The first-order valence-electron chi connectivity index (χ1n) is 10.3. The molecule has 1 amide bonds. The summed E-state index contributed by atoms with van der Waals surface area (Å²) in [6, 6.07) is 13.0. The van der Waals surface area contributed by atoms with Gasteiger partial charge in [0, 0.05) is 33.7 Å². The second-order valence-electron chi connectivity index (χ2n) is 8.15. The fraction of sp³-hybridized carbons (Fsp3) is 0.0417. The first kappa shape index (κ1) is 22.8. The number of benzene rings is 3. The van der Waals surface area contributed by atoms with E-state index in [4.69, 9.17) is 0 Å². The van der Waals surface area contributed by atoms with E-state index in [-0.39, 0.29) is 12.1 Å². The summed E-state index contributed by atoms with van der Waals surface area (Å²) in [6.45, 7) is 1.87. The van der Waals surface area contributed by atoms with Crippen molar-refractivity contribution in [1.82, 2.24) is 15.0 Å². The third-order valence-corrected chi connectivity index (χ3v) is 6.77. The minimum Gasteiger partial charge on any atom is -0.339 e. The fourth-order valence-electron chi connectivity index (χ4n) is 3.90. The van der Waals surface area contributed by atoms with Crippen LogP contribution in [-0.2, 0) is 0 Å². The topological polar surface area (TPSA) is 70.7 Å². The van der Waals surface area contributed by atoms with Crippen LogP contribution in [0, 0.1) is 6.92 Å². The number of carbonyl (C=O) groups is 1. The van der Waals surface area contributed by atoms with Crippen LogP contribution in [-0.4, -0.2) is 20.9 Å². The zero-order chi connectivity index (χ0) is 25.1. The lowest BCUT2D eigenvalue weighted by Gasteiger charge is -2.40. The zero-order valence-corrected chi connectivity index (χ0v) is 18.8. The van der Waals surface area contributed by atoms with Crippen molar-refractivity contribution in [2.45, 2.75) is 11.8 Å². The predicted molar refractivity (Wildman–Crippen MR) is 127 cm³/mol. The number of fused-ring (bicyclic) bond motifs is 3. The van der Waals surface area contributed by atoms with Crippen LogP contribution in [0.15, 0.2) is 78.1 Å². The molecule has 3 aromatic carbocycles. The highest BCUT2D eigenvalue weighted by atomic mass is 32.5. The van der Waals surface area contributed by atoms with E-state index in [0.717, 1.165) is 45.1 Å². The quantitative estimate of drug-likeness (QED) is 0.244. The number of aromatic amines is 1. The Labute approximate surface area is 195 Å². The highest BCUT2D eigenvalue weighted by Crippen LogP contribution is 3.02. The molecule has 0 spiro atoms. The van der Waals surface area contributed by atoms with Crippen molar-refractivity contribution in [2.24, 2.45) is 0 Å². The summed E-state index contributed by atoms with van der Waals surface area (Å²) >= 11 is 0. The van der Waals surface area contributed by atoms with Gasteiger partial charge in [-0.25, -0.2) is 9.97 Å². The monoisotopic (exact) mass is 504 g/mol. The molecular weight excluding hydrogens is 487 g/mol. The van der Waals surface area contributed by atoms with E-state index in [1.807, 2.05) is 25.1 Å². The molecule has 2 N–H and O–H groups in total. The van der Waals surface area contributed by atoms with Crippen LogP contribution in [0.3, 0.4) is 0 Å². The lowest BCUT2D eigenvalue weighted by Crippen LogP contribution is -2.14. The summed E-state index contributed by atoms with van der Waals surface area (Å²) in [5.41, 5.74) is 3.79. The van der Waals surface area contributed by atoms with Gasteiger partial charge in [0.15, 0.2) is 0 Å². The van der Waals surface area contributed by atoms with Gasteiger partial charge in [-0.05, 0) is 60.0 Å². The maximum atomic E-state index is 13.1. The average molecular weight is 504 g/mol. The Morgan fingerprint density at radius 1 is 0.943 bits per heavy atom. The van der Waals surface area contributed by atoms with E-state index >= 15 is 0 Å². The smallest absolute Gasteiger partial charge is 0.310 e. The van der Waals surface area contributed by atoms with Gasteiger partial charge in [-0.15, -0.1) is 0 Å². The standard InChI is InChI=1S/C24H17F5N4OS/c1-14-5-7-17(32-24(34)16-3-2-4-18(9-16)35(25,26,27,28)29)11-20(14)15-6-8-19-21-12-30-13-31-23(21)33-22(19)10-15/h2-13H,1H3,(H,32,34)(H,30,31,33). The Morgan fingerprint density at radius 3 is 2.51 bits per heavy atom. The lowest BCUT2D eigenvalue weighted by molar-refractivity contribution is 0.102. The molecule has 0 atom stereocenters. The van der Waals surface area contributed by atoms with Crippen molar-refractivity contribution in [1.29, 1.82) is 0 Å². The van der Waals surface area contributed by atoms with Crippen LogP contribution >= 0.6 is 10.2 Å². The molecule has 0 aliphatic carbocycles. The number of rotatable bonds is 4. The largest absolute Gasteiger partial charge is 0.339 e. The SMILES string of the molecule is Cc1ccc(NC(=O)c2cccc(S(F)(F)(F)(F)F)c2)cc1-c1ccc2c(c1)[nH]c1ncncc12. The molecule has 0 unspecified atom stereocenters. The molecule has 0 saturated heterocycles. The molecule has 0 bridgehead atoms. The fourth-order valence-corrected chi connectivity index (χ4v) is 4.58. The highest BCUT2D eigenvalue weighted by molar-refractivity contribution is 8.45. The number of nitrogens with zero attached hydrogens (tertiary/aromatic N) is 2. The Balaban J connectivity index is 1.48. The molecule has 0 aliphatic rings. The van der Waals surface area contributed by atoms with E-state index in [1.54, 1.807) is 24.4 Å². The van der Waals surface area contributed by atoms with Crippen molar-refractivity contribution in [3.63, 3.8) is 0 Å². The summed E-state index contributed by atoms with van der Waals surface area (Å²) in [6.07, 6.45) is 3.16. The van der Waals surface area contributed by atoms with E-state index in [1.165, 1.54) is 6.33 Å². The summed E-state index contributed by atoms with van der Waals surface area (Å²) in [7, 11) is -9.91. The number of carbonyl (C=O) groups excluding carboxylic acids is 1. The number of aromatic nitrogens is 3. The summed E-state index contributed by atoms with van der Waals surface area (Å²) < 4.78 is 65.7. The molecule has 180 valence electrons. The molecule has 2 aromatic heterocycles. The normalized spacial score (nSPS) is 14.0. The number of hydrogen-bond donors (Lipinski definition) is 2. The summed E-state index contributed by atoms with van der Waals surface area (Å²) in [4.78, 5) is 22.0. The number of H-pyrrole nitrogens is 1. The number of nitrogens with one attached hydrogen (secondary N) is 2. The van der Waals surface area contributed by atoms with Gasteiger partial charge in [0.05, 0.1) is 0 Å². The van der Waals surface area contributed by atoms with Gasteiger partial charge in [-0.2, -0.15) is 0 Å². The third-order valence-electron chi connectivity index (χ3n) is 5.62. The Hall–Kier alpha value is -3.99. The van der Waals surface area contributed by atoms with Crippen LogP contribution in [0.25, 0.3) is 33.1 Å². The number of hydrogen-bond acceptors (Lipinski definition) is 3. The van der Waals surface area contributed by atoms with Crippen molar-refractivity contribution in [2.75, 3.05) is 5.32 Å². The molecule has 5 aromatic rings.